The van der Waals surface area contributed by atoms with Crippen molar-refractivity contribution in [3.63, 3.8) is 0 Å². The van der Waals surface area contributed by atoms with Crippen LogP contribution in [0.5, 0.6) is 0 Å². The first-order chi connectivity index (χ1) is 7.60. The lowest BCUT2D eigenvalue weighted by Crippen LogP contribution is -2.24. The molecule has 0 atom stereocenters. The minimum absolute atomic E-state index is 0.00178. The largest absolute Gasteiger partial charge is 0.347 e. The van der Waals surface area contributed by atoms with Crippen LogP contribution in [0, 0.1) is 10.1 Å². The van der Waals surface area contributed by atoms with Crippen molar-refractivity contribution in [2.24, 2.45) is 0 Å². The summed E-state index contributed by atoms with van der Waals surface area (Å²) in [5.41, 5.74) is -0.00178. The van der Waals surface area contributed by atoms with Crippen LogP contribution in [0.2, 0.25) is 0 Å². The van der Waals surface area contributed by atoms with Crippen molar-refractivity contribution < 1.29 is 4.92 Å². The standard InChI is InChI=1S/C10H12BrN3O2/c1-3-5-13(4-2)10-9(14(15)16)6-8(11)7-12-10/h3,6-7H,1,4-5H2,2H3. The number of likely N-dealkylation sites (N-methyl/N-ethyl adjacent to an activating group) is 1. The molecule has 0 N–H and O–H groups in total. The van der Waals surface area contributed by atoms with Gasteiger partial charge in [-0.05, 0) is 22.9 Å². The third kappa shape index (κ3) is 2.79. The van der Waals surface area contributed by atoms with Crippen molar-refractivity contribution in [1.29, 1.82) is 0 Å². The average molecular weight is 286 g/mol. The van der Waals surface area contributed by atoms with Gasteiger partial charge in [-0.25, -0.2) is 4.98 Å². The van der Waals surface area contributed by atoms with E-state index in [1.54, 1.807) is 17.2 Å². The van der Waals surface area contributed by atoms with Gasteiger partial charge in [-0.3, -0.25) is 10.1 Å². The van der Waals surface area contributed by atoms with Gasteiger partial charge in [0.15, 0.2) is 0 Å². The molecule has 6 heteroatoms. The number of hydrogen-bond donors (Lipinski definition) is 0. The first-order valence-electron chi connectivity index (χ1n) is 4.76. The number of halogens is 1. The molecule has 0 saturated heterocycles. The highest BCUT2D eigenvalue weighted by atomic mass is 79.9. The Morgan fingerprint density at radius 1 is 1.75 bits per heavy atom. The molecule has 0 bridgehead atoms. The van der Waals surface area contributed by atoms with Gasteiger partial charge in [0.25, 0.3) is 0 Å². The van der Waals surface area contributed by atoms with Gasteiger partial charge in [0.1, 0.15) is 0 Å². The molecule has 16 heavy (non-hydrogen) atoms. The molecule has 0 amide bonds. The second-order valence-electron chi connectivity index (χ2n) is 3.08. The second kappa shape index (κ2) is 5.60. The Bertz CT molecular complexity index is 409. The van der Waals surface area contributed by atoms with E-state index in [0.29, 0.717) is 23.4 Å². The fourth-order valence-corrected chi connectivity index (χ4v) is 1.64. The highest BCUT2D eigenvalue weighted by Gasteiger charge is 2.19. The fourth-order valence-electron chi connectivity index (χ4n) is 1.32. The van der Waals surface area contributed by atoms with Gasteiger partial charge in [-0.1, -0.05) is 6.08 Å². The SMILES string of the molecule is C=CCN(CC)c1ncc(Br)cc1[N+](=O)[O-]. The van der Waals surface area contributed by atoms with Crippen LogP contribution in [0.15, 0.2) is 29.4 Å². The highest BCUT2D eigenvalue weighted by molar-refractivity contribution is 9.10. The molecule has 1 aromatic heterocycles. The molecule has 0 aliphatic heterocycles. The van der Waals surface area contributed by atoms with E-state index in [9.17, 15) is 10.1 Å². The molecule has 86 valence electrons. The van der Waals surface area contributed by atoms with Crippen LogP contribution in [0.25, 0.3) is 0 Å². The van der Waals surface area contributed by atoms with Gasteiger partial charge in [-0.2, -0.15) is 0 Å². The molecule has 0 radical (unpaired) electrons. The first-order valence-corrected chi connectivity index (χ1v) is 5.55. The maximum atomic E-state index is 10.9. The molecule has 5 nitrogen and oxygen atoms in total. The lowest BCUT2D eigenvalue weighted by Gasteiger charge is -2.19. The summed E-state index contributed by atoms with van der Waals surface area (Å²) in [5, 5.41) is 10.9. The lowest BCUT2D eigenvalue weighted by molar-refractivity contribution is -0.384. The van der Waals surface area contributed by atoms with Gasteiger partial charge in [-0.15, -0.1) is 6.58 Å². The maximum absolute atomic E-state index is 10.9. The molecule has 0 aliphatic carbocycles. The Morgan fingerprint density at radius 3 is 2.94 bits per heavy atom. The van der Waals surface area contributed by atoms with Gasteiger partial charge in [0.05, 0.1) is 4.92 Å². The zero-order chi connectivity index (χ0) is 12.1. The number of rotatable bonds is 5. The molecule has 1 rings (SSSR count). The summed E-state index contributed by atoms with van der Waals surface area (Å²) in [6.45, 7) is 6.71. The summed E-state index contributed by atoms with van der Waals surface area (Å²) in [6, 6.07) is 1.45. The van der Waals surface area contributed by atoms with E-state index in [1.807, 2.05) is 6.92 Å². The summed E-state index contributed by atoms with van der Waals surface area (Å²) in [4.78, 5) is 16.3. The quantitative estimate of drug-likeness (QED) is 0.474. The smallest absolute Gasteiger partial charge is 0.312 e. The summed E-state index contributed by atoms with van der Waals surface area (Å²) in [7, 11) is 0. The Hall–Kier alpha value is -1.43. The third-order valence-electron chi connectivity index (χ3n) is 2.04. The van der Waals surface area contributed by atoms with Gasteiger partial charge in [0, 0.05) is 29.8 Å². The minimum atomic E-state index is -0.432. The monoisotopic (exact) mass is 285 g/mol. The first kappa shape index (κ1) is 12.6. The van der Waals surface area contributed by atoms with E-state index in [4.69, 9.17) is 0 Å². The number of anilines is 1. The van der Waals surface area contributed by atoms with Gasteiger partial charge >= 0.3 is 5.69 Å². The molecular weight excluding hydrogens is 274 g/mol. The predicted octanol–water partition coefficient (Wildman–Crippen LogP) is 2.76. The lowest BCUT2D eigenvalue weighted by atomic mass is 10.3. The van der Waals surface area contributed by atoms with E-state index in [0.717, 1.165) is 0 Å². The minimum Gasteiger partial charge on any atom is -0.347 e. The fraction of sp³-hybridized carbons (Fsp3) is 0.300. The average Bonchev–Trinajstić information content (AvgIpc) is 2.26. The third-order valence-corrected chi connectivity index (χ3v) is 2.47. The molecule has 1 heterocycles. The molecule has 0 spiro atoms. The van der Waals surface area contributed by atoms with Crippen LogP contribution < -0.4 is 4.90 Å². The predicted molar refractivity (Wildman–Crippen MR) is 66.7 cm³/mol. The molecule has 1 aromatic rings. The molecule has 0 aromatic carbocycles. The molecule has 0 saturated carbocycles. The second-order valence-corrected chi connectivity index (χ2v) is 4.00. The molecule has 0 unspecified atom stereocenters. The molecule has 0 aliphatic rings. The summed E-state index contributed by atoms with van der Waals surface area (Å²) < 4.78 is 0.595. The summed E-state index contributed by atoms with van der Waals surface area (Å²) >= 11 is 3.17. The van der Waals surface area contributed by atoms with Crippen molar-refractivity contribution in [3.8, 4) is 0 Å². The van der Waals surface area contributed by atoms with Crippen molar-refractivity contribution >= 4 is 27.4 Å². The van der Waals surface area contributed by atoms with E-state index < -0.39 is 4.92 Å². The number of pyridine rings is 1. The zero-order valence-electron chi connectivity index (χ0n) is 8.89. The van der Waals surface area contributed by atoms with E-state index in [1.165, 1.54) is 6.07 Å². The topological polar surface area (TPSA) is 59.3 Å². The van der Waals surface area contributed by atoms with Crippen molar-refractivity contribution in [1.82, 2.24) is 4.98 Å². The summed E-state index contributed by atoms with van der Waals surface area (Å²) in [6.07, 6.45) is 3.24. The Labute approximate surface area is 102 Å². The maximum Gasteiger partial charge on any atom is 0.312 e. The van der Waals surface area contributed by atoms with Crippen LogP contribution in [-0.2, 0) is 0 Å². The van der Waals surface area contributed by atoms with E-state index in [-0.39, 0.29) is 5.69 Å². The summed E-state index contributed by atoms with van der Waals surface area (Å²) in [5.74, 6) is 0.371. The van der Waals surface area contributed by atoms with Crippen molar-refractivity contribution in [3.05, 3.63) is 39.5 Å². The number of nitro groups is 1. The van der Waals surface area contributed by atoms with Crippen LogP contribution in [0.3, 0.4) is 0 Å². The van der Waals surface area contributed by atoms with Gasteiger partial charge < -0.3 is 4.90 Å². The molecule has 0 fully saturated rings. The Morgan fingerprint density at radius 2 is 2.44 bits per heavy atom. The van der Waals surface area contributed by atoms with Gasteiger partial charge in [0.2, 0.25) is 5.82 Å². The van der Waals surface area contributed by atoms with Crippen LogP contribution >= 0.6 is 15.9 Å². The Balaban J connectivity index is 3.19. The Kier molecular flexibility index (Phi) is 4.42. The molecular formula is C10H12BrN3O2. The number of aromatic nitrogens is 1. The van der Waals surface area contributed by atoms with Crippen LogP contribution in [-0.4, -0.2) is 23.0 Å². The van der Waals surface area contributed by atoms with E-state index in [2.05, 4.69) is 27.5 Å². The normalized spacial score (nSPS) is 9.88. The van der Waals surface area contributed by atoms with E-state index >= 15 is 0 Å². The zero-order valence-corrected chi connectivity index (χ0v) is 10.5. The van der Waals surface area contributed by atoms with Crippen LogP contribution in [0.1, 0.15) is 6.92 Å². The highest BCUT2D eigenvalue weighted by Crippen LogP contribution is 2.28. The van der Waals surface area contributed by atoms with Crippen molar-refractivity contribution in [2.45, 2.75) is 6.92 Å². The number of nitrogens with zero attached hydrogens (tertiary/aromatic N) is 3. The van der Waals surface area contributed by atoms with Crippen molar-refractivity contribution in [2.75, 3.05) is 18.0 Å². The van der Waals surface area contributed by atoms with Crippen LogP contribution in [0.4, 0.5) is 11.5 Å². The number of hydrogen-bond acceptors (Lipinski definition) is 4.